The Morgan fingerprint density at radius 2 is 2.32 bits per heavy atom. The molecule has 0 bridgehead atoms. The maximum atomic E-state index is 12.4. The van der Waals surface area contributed by atoms with Gasteiger partial charge in [0.25, 0.3) is 5.91 Å². The molecule has 0 saturated carbocycles. The summed E-state index contributed by atoms with van der Waals surface area (Å²) < 4.78 is 0. The zero-order valence-corrected chi connectivity index (χ0v) is 13.6. The van der Waals surface area contributed by atoms with Gasteiger partial charge in [-0.25, -0.2) is 5.48 Å². The lowest BCUT2D eigenvalue weighted by Gasteiger charge is -2.17. The van der Waals surface area contributed by atoms with Crippen LogP contribution in [-0.4, -0.2) is 25.0 Å². The van der Waals surface area contributed by atoms with Gasteiger partial charge in [-0.05, 0) is 30.5 Å². The van der Waals surface area contributed by atoms with Crippen LogP contribution in [0.1, 0.15) is 26.7 Å². The third-order valence-electron chi connectivity index (χ3n) is 3.88. The first-order chi connectivity index (χ1) is 10.5. The van der Waals surface area contributed by atoms with Crippen LogP contribution in [0, 0.1) is 11.8 Å². The molecule has 1 saturated heterocycles. The molecule has 1 N–H and O–H groups in total. The summed E-state index contributed by atoms with van der Waals surface area (Å²) in [6, 6.07) is 7.06. The van der Waals surface area contributed by atoms with Crippen molar-refractivity contribution in [3.05, 3.63) is 29.3 Å². The van der Waals surface area contributed by atoms with E-state index >= 15 is 0 Å². The molecular weight excluding hydrogens is 304 g/mol. The maximum absolute atomic E-state index is 12.4. The maximum Gasteiger partial charge on any atom is 0.256 e. The van der Waals surface area contributed by atoms with Crippen molar-refractivity contribution in [1.29, 1.82) is 0 Å². The van der Waals surface area contributed by atoms with Crippen molar-refractivity contribution in [2.75, 3.05) is 18.1 Å². The number of nitrogens with one attached hydrogen (secondary N) is 1. The minimum Gasteiger partial charge on any atom is -0.312 e. The van der Waals surface area contributed by atoms with Crippen molar-refractivity contribution in [2.24, 2.45) is 11.8 Å². The molecule has 2 unspecified atom stereocenters. The number of carbonyl (C=O) groups is 2. The van der Waals surface area contributed by atoms with E-state index in [-0.39, 0.29) is 11.8 Å². The monoisotopic (exact) mass is 324 g/mol. The number of hydroxylamine groups is 1. The molecule has 0 aliphatic carbocycles. The molecule has 22 heavy (non-hydrogen) atoms. The van der Waals surface area contributed by atoms with E-state index in [9.17, 15) is 9.59 Å². The lowest BCUT2D eigenvalue weighted by Crippen LogP contribution is -2.37. The average Bonchev–Trinajstić information content (AvgIpc) is 2.88. The van der Waals surface area contributed by atoms with E-state index in [0.29, 0.717) is 36.2 Å². The van der Waals surface area contributed by atoms with Crippen molar-refractivity contribution in [2.45, 2.75) is 26.7 Å². The zero-order valence-electron chi connectivity index (χ0n) is 12.8. The molecule has 6 heteroatoms. The summed E-state index contributed by atoms with van der Waals surface area (Å²) >= 11 is 5.94. The Bertz CT molecular complexity index is 550. The van der Waals surface area contributed by atoms with Gasteiger partial charge in [0.05, 0.1) is 6.61 Å². The van der Waals surface area contributed by atoms with Gasteiger partial charge in [-0.3, -0.25) is 14.4 Å². The Labute approximate surface area is 135 Å². The first-order valence-corrected chi connectivity index (χ1v) is 7.89. The van der Waals surface area contributed by atoms with Gasteiger partial charge in [-0.2, -0.15) is 0 Å². The van der Waals surface area contributed by atoms with E-state index in [1.807, 2.05) is 13.0 Å². The van der Waals surface area contributed by atoms with Gasteiger partial charge in [-0.1, -0.05) is 37.9 Å². The van der Waals surface area contributed by atoms with E-state index in [1.165, 1.54) is 0 Å². The summed E-state index contributed by atoms with van der Waals surface area (Å²) in [5.74, 6) is -0.928. The van der Waals surface area contributed by atoms with Crippen LogP contribution in [0.4, 0.5) is 5.69 Å². The zero-order chi connectivity index (χ0) is 16.1. The van der Waals surface area contributed by atoms with Crippen LogP contribution < -0.4 is 10.4 Å². The predicted molar refractivity (Wildman–Crippen MR) is 85.5 cm³/mol. The van der Waals surface area contributed by atoms with E-state index in [0.717, 1.165) is 6.42 Å². The topological polar surface area (TPSA) is 58.6 Å². The second-order valence-electron chi connectivity index (χ2n) is 5.60. The molecule has 5 nitrogen and oxygen atoms in total. The summed E-state index contributed by atoms with van der Waals surface area (Å²) in [5, 5.41) is 0.565. The fourth-order valence-corrected chi connectivity index (χ4v) is 2.45. The average molecular weight is 325 g/mol. The molecule has 2 atom stereocenters. The van der Waals surface area contributed by atoms with Crippen molar-refractivity contribution < 1.29 is 14.4 Å². The number of hydrogen-bond donors (Lipinski definition) is 1. The molecule has 1 aliphatic heterocycles. The minimum atomic E-state index is -0.698. The second kappa shape index (κ2) is 7.61. The number of amides is 2. The first-order valence-electron chi connectivity index (χ1n) is 7.51. The molecule has 1 aromatic rings. The highest BCUT2D eigenvalue weighted by molar-refractivity contribution is 6.31. The number of nitrogens with zero attached hydrogens (tertiary/aromatic N) is 1. The predicted octanol–water partition coefficient (Wildman–Crippen LogP) is 2.79. The van der Waals surface area contributed by atoms with Gasteiger partial charge in [0.1, 0.15) is 5.92 Å². The highest BCUT2D eigenvalue weighted by Crippen LogP contribution is 2.27. The SMILES string of the molecule is CCC(C)CONC(=O)C1CCN(c2cccc(Cl)c2)C1=O. The summed E-state index contributed by atoms with van der Waals surface area (Å²) in [6.07, 6.45) is 1.45. The van der Waals surface area contributed by atoms with Crippen molar-refractivity contribution in [1.82, 2.24) is 5.48 Å². The molecule has 0 spiro atoms. The summed E-state index contributed by atoms with van der Waals surface area (Å²) in [4.78, 5) is 31.2. The lowest BCUT2D eigenvalue weighted by atomic mass is 10.1. The van der Waals surface area contributed by atoms with E-state index in [2.05, 4.69) is 12.4 Å². The third kappa shape index (κ3) is 3.99. The summed E-state index contributed by atoms with van der Waals surface area (Å²) in [7, 11) is 0. The molecule has 120 valence electrons. The van der Waals surface area contributed by atoms with Crippen molar-refractivity contribution >= 4 is 29.1 Å². The van der Waals surface area contributed by atoms with Gasteiger partial charge in [-0.15, -0.1) is 0 Å². The molecule has 1 fully saturated rings. The van der Waals surface area contributed by atoms with Gasteiger partial charge in [0, 0.05) is 17.3 Å². The fourth-order valence-electron chi connectivity index (χ4n) is 2.27. The Kier molecular flexibility index (Phi) is 5.80. The molecular formula is C16H21ClN2O3. The van der Waals surface area contributed by atoms with Crippen LogP contribution in [0.3, 0.4) is 0 Å². The quantitative estimate of drug-likeness (QED) is 0.646. The van der Waals surface area contributed by atoms with Crippen LogP contribution in [0.2, 0.25) is 5.02 Å². The molecule has 2 amide bonds. The van der Waals surface area contributed by atoms with E-state index < -0.39 is 5.92 Å². The number of hydrogen-bond acceptors (Lipinski definition) is 3. The molecule has 0 aromatic heterocycles. The molecule has 1 heterocycles. The number of halogens is 1. The Balaban J connectivity index is 1.92. The van der Waals surface area contributed by atoms with Crippen molar-refractivity contribution in [3.8, 4) is 0 Å². The number of carbonyl (C=O) groups excluding carboxylic acids is 2. The van der Waals surface area contributed by atoms with Gasteiger partial charge < -0.3 is 4.90 Å². The Morgan fingerprint density at radius 3 is 3.00 bits per heavy atom. The molecule has 0 radical (unpaired) electrons. The van der Waals surface area contributed by atoms with E-state index in [4.69, 9.17) is 16.4 Å². The summed E-state index contributed by atoms with van der Waals surface area (Å²) in [6.45, 7) is 5.04. The second-order valence-corrected chi connectivity index (χ2v) is 6.04. The van der Waals surface area contributed by atoms with Crippen LogP contribution >= 0.6 is 11.6 Å². The highest BCUT2D eigenvalue weighted by Gasteiger charge is 2.37. The number of benzene rings is 1. The standard InChI is InChI=1S/C16H21ClN2O3/c1-3-11(2)10-22-18-15(20)14-7-8-19(16(14)21)13-6-4-5-12(17)9-13/h4-6,9,11,14H,3,7-8,10H2,1-2H3,(H,18,20). The van der Waals surface area contributed by atoms with Crippen LogP contribution in [-0.2, 0) is 14.4 Å². The van der Waals surface area contributed by atoms with E-state index in [1.54, 1.807) is 23.1 Å². The largest absolute Gasteiger partial charge is 0.312 e. The Morgan fingerprint density at radius 1 is 1.55 bits per heavy atom. The van der Waals surface area contributed by atoms with Gasteiger partial charge >= 0.3 is 0 Å². The Hall–Kier alpha value is -1.59. The van der Waals surface area contributed by atoms with Gasteiger partial charge in [0.15, 0.2) is 0 Å². The number of rotatable bonds is 6. The summed E-state index contributed by atoms with van der Waals surface area (Å²) in [5.41, 5.74) is 3.11. The molecule has 1 aliphatic rings. The first kappa shape index (κ1) is 16.8. The third-order valence-corrected chi connectivity index (χ3v) is 4.11. The van der Waals surface area contributed by atoms with Gasteiger partial charge in [0.2, 0.25) is 5.91 Å². The minimum absolute atomic E-state index is 0.216. The highest BCUT2D eigenvalue weighted by atomic mass is 35.5. The van der Waals surface area contributed by atoms with Crippen LogP contribution in [0.25, 0.3) is 0 Å². The normalized spacial score (nSPS) is 19.3. The molecule has 2 rings (SSSR count). The fraction of sp³-hybridized carbons (Fsp3) is 0.500. The van der Waals surface area contributed by atoms with Crippen molar-refractivity contribution in [3.63, 3.8) is 0 Å². The van der Waals surface area contributed by atoms with Crippen LogP contribution in [0.15, 0.2) is 24.3 Å². The smallest absolute Gasteiger partial charge is 0.256 e. The lowest BCUT2D eigenvalue weighted by molar-refractivity contribution is -0.142. The van der Waals surface area contributed by atoms with Crippen LogP contribution in [0.5, 0.6) is 0 Å². The molecule has 1 aromatic carbocycles. The number of anilines is 1.